The van der Waals surface area contributed by atoms with Gasteiger partial charge >= 0.3 is 0 Å². The van der Waals surface area contributed by atoms with Crippen LogP contribution in [-0.2, 0) is 0 Å². The summed E-state index contributed by atoms with van der Waals surface area (Å²) in [5.41, 5.74) is 4.59. The molecule has 0 radical (unpaired) electrons. The van der Waals surface area contributed by atoms with Gasteiger partial charge in [-0.25, -0.2) is 4.98 Å². The molecule has 1 N–H and O–H groups in total. The Labute approximate surface area is 109 Å². The van der Waals surface area contributed by atoms with E-state index in [4.69, 9.17) is 0 Å². The van der Waals surface area contributed by atoms with Gasteiger partial charge in [-0.1, -0.05) is 24.3 Å². The lowest BCUT2D eigenvalue weighted by Crippen LogP contribution is -1.94. The fourth-order valence-corrected chi connectivity index (χ4v) is 2.79. The van der Waals surface area contributed by atoms with Crippen molar-refractivity contribution in [1.82, 2.24) is 9.38 Å². The first-order chi connectivity index (χ1) is 9.27. The molecule has 0 saturated carbocycles. The van der Waals surface area contributed by atoms with E-state index in [2.05, 4.69) is 9.38 Å². The number of nitrogens with zero attached hydrogens (tertiary/aromatic N) is 2. The first-order valence-electron chi connectivity index (χ1n) is 6.25. The fourth-order valence-electron chi connectivity index (χ4n) is 2.79. The molecule has 3 nitrogen and oxygen atoms in total. The second-order valence-corrected chi connectivity index (χ2v) is 4.74. The van der Waals surface area contributed by atoms with E-state index in [1.165, 1.54) is 0 Å². The Morgan fingerprint density at radius 3 is 2.47 bits per heavy atom. The van der Waals surface area contributed by atoms with Crippen LogP contribution in [0.15, 0.2) is 48.5 Å². The van der Waals surface area contributed by atoms with Gasteiger partial charge in [0.15, 0.2) is 5.75 Å². The Morgan fingerprint density at radius 1 is 0.947 bits per heavy atom. The molecular weight excluding hydrogens is 236 g/mol. The predicted molar refractivity (Wildman–Crippen MR) is 76.6 cm³/mol. The summed E-state index contributed by atoms with van der Waals surface area (Å²) in [7, 11) is 0. The monoisotopic (exact) mass is 248 g/mol. The maximum absolute atomic E-state index is 10.4. The summed E-state index contributed by atoms with van der Waals surface area (Å²) < 4.78 is 2.09. The summed E-state index contributed by atoms with van der Waals surface area (Å²) in [4.78, 5) is 4.58. The molecule has 0 atom stereocenters. The quantitative estimate of drug-likeness (QED) is 0.515. The van der Waals surface area contributed by atoms with E-state index in [-0.39, 0.29) is 0 Å². The lowest BCUT2D eigenvalue weighted by Gasteiger charge is -2.06. The van der Waals surface area contributed by atoms with Gasteiger partial charge in [0.25, 0.3) is 0 Å². The van der Waals surface area contributed by atoms with Crippen LogP contribution in [0.4, 0.5) is 0 Å². The van der Waals surface area contributed by atoms with Gasteiger partial charge in [0, 0.05) is 5.39 Å². The molecule has 3 heteroatoms. The van der Waals surface area contributed by atoms with Crippen LogP contribution in [0.5, 0.6) is 5.75 Å². The van der Waals surface area contributed by atoms with Crippen LogP contribution in [0.25, 0.3) is 27.5 Å². The van der Waals surface area contributed by atoms with Crippen LogP contribution in [0, 0.1) is 6.92 Å². The zero-order valence-electron chi connectivity index (χ0n) is 10.5. The average Bonchev–Trinajstić information content (AvgIpc) is 2.74. The molecule has 4 rings (SSSR count). The normalized spacial score (nSPS) is 11.6. The minimum absolute atomic E-state index is 0.311. The standard InChI is InChI=1S/C16H12N2O/c1-10-15-16(19)11-6-2-4-8-13(11)18(15)14-9-5-3-7-12(14)17-10/h2-9,19H,1H3. The van der Waals surface area contributed by atoms with E-state index in [0.29, 0.717) is 5.75 Å². The van der Waals surface area contributed by atoms with Crippen LogP contribution in [0.3, 0.4) is 0 Å². The zero-order chi connectivity index (χ0) is 13.0. The molecule has 0 unspecified atom stereocenters. The van der Waals surface area contributed by atoms with Crippen LogP contribution in [0.2, 0.25) is 0 Å². The SMILES string of the molecule is Cc1nc2ccccc2n2c1c(O)c1ccccc12. The van der Waals surface area contributed by atoms with Gasteiger partial charge in [-0.15, -0.1) is 0 Å². The molecule has 0 aliphatic rings. The highest BCUT2D eigenvalue weighted by Crippen LogP contribution is 2.35. The molecular formula is C16H12N2O. The van der Waals surface area contributed by atoms with Gasteiger partial charge in [0.1, 0.15) is 5.52 Å². The van der Waals surface area contributed by atoms with Crippen molar-refractivity contribution in [3.8, 4) is 5.75 Å². The zero-order valence-corrected chi connectivity index (χ0v) is 10.5. The highest BCUT2D eigenvalue weighted by Gasteiger charge is 2.15. The first kappa shape index (κ1) is 10.4. The summed E-state index contributed by atoms with van der Waals surface area (Å²) in [6.07, 6.45) is 0. The lowest BCUT2D eigenvalue weighted by molar-refractivity contribution is 0.487. The van der Waals surface area contributed by atoms with E-state index in [0.717, 1.165) is 33.1 Å². The summed E-state index contributed by atoms with van der Waals surface area (Å²) >= 11 is 0. The molecule has 0 bridgehead atoms. The lowest BCUT2D eigenvalue weighted by atomic mass is 10.2. The number of fused-ring (bicyclic) bond motifs is 5. The van der Waals surface area contributed by atoms with Gasteiger partial charge in [0.2, 0.25) is 0 Å². The van der Waals surface area contributed by atoms with Crippen molar-refractivity contribution in [2.24, 2.45) is 0 Å². The topological polar surface area (TPSA) is 37.5 Å². The Balaban J connectivity index is 2.44. The molecule has 0 fully saturated rings. The van der Waals surface area contributed by atoms with Crippen LogP contribution in [0.1, 0.15) is 5.69 Å². The van der Waals surface area contributed by atoms with Crippen molar-refractivity contribution in [3.05, 3.63) is 54.2 Å². The molecule has 0 saturated heterocycles. The molecule has 92 valence electrons. The Kier molecular flexibility index (Phi) is 1.90. The van der Waals surface area contributed by atoms with Crippen molar-refractivity contribution in [2.45, 2.75) is 6.92 Å². The summed E-state index contributed by atoms with van der Waals surface area (Å²) in [6, 6.07) is 15.9. The summed E-state index contributed by atoms with van der Waals surface area (Å²) in [5.74, 6) is 0.311. The number of aromatic nitrogens is 2. The van der Waals surface area contributed by atoms with Crippen LogP contribution in [-0.4, -0.2) is 14.5 Å². The Hall–Kier alpha value is -2.55. The first-order valence-corrected chi connectivity index (χ1v) is 6.25. The molecule has 4 aromatic rings. The highest BCUT2D eigenvalue weighted by atomic mass is 16.3. The predicted octanol–water partition coefficient (Wildman–Crippen LogP) is 3.65. The van der Waals surface area contributed by atoms with Crippen molar-refractivity contribution >= 4 is 27.5 Å². The maximum Gasteiger partial charge on any atom is 0.150 e. The average molecular weight is 248 g/mol. The Bertz CT molecular complexity index is 938. The van der Waals surface area contributed by atoms with E-state index in [1.807, 2.05) is 55.5 Å². The van der Waals surface area contributed by atoms with Gasteiger partial charge in [-0.05, 0) is 31.2 Å². The van der Waals surface area contributed by atoms with Crippen molar-refractivity contribution in [2.75, 3.05) is 0 Å². The number of aromatic hydroxyl groups is 1. The molecule has 2 aromatic heterocycles. The van der Waals surface area contributed by atoms with E-state index >= 15 is 0 Å². The molecule has 0 spiro atoms. The third-order valence-electron chi connectivity index (χ3n) is 3.60. The van der Waals surface area contributed by atoms with Gasteiger partial charge in [-0.3, -0.25) is 0 Å². The number of hydrogen-bond acceptors (Lipinski definition) is 2. The van der Waals surface area contributed by atoms with Gasteiger partial charge in [0.05, 0.1) is 22.2 Å². The Morgan fingerprint density at radius 2 is 1.63 bits per heavy atom. The number of benzene rings is 2. The summed E-state index contributed by atoms with van der Waals surface area (Å²) in [6.45, 7) is 1.93. The molecule has 19 heavy (non-hydrogen) atoms. The number of aryl methyl sites for hydroxylation is 1. The second-order valence-electron chi connectivity index (χ2n) is 4.74. The molecule has 2 aromatic carbocycles. The van der Waals surface area contributed by atoms with E-state index < -0.39 is 0 Å². The molecule has 0 amide bonds. The van der Waals surface area contributed by atoms with Crippen molar-refractivity contribution in [1.29, 1.82) is 0 Å². The molecule has 2 heterocycles. The largest absolute Gasteiger partial charge is 0.505 e. The third kappa shape index (κ3) is 1.24. The van der Waals surface area contributed by atoms with Crippen molar-refractivity contribution in [3.63, 3.8) is 0 Å². The van der Waals surface area contributed by atoms with Crippen LogP contribution >= 0.6 is 0 Å². The minimum atomic E-state index is 0.311. The van der Waals surface area contributed by atoms with E-state index in [9.17, 15) is 5.11 Å². The van der Waals surface area contributed by atoms with Gasteiger partial charge in [-0.2, -0.15) is 0 Å². The second kappa shape index (κ2) is 3.48. The smallest absolute Gasteiger partial charge is 0.150 e. The number of para-hydroxylation sites is 3. The highest BCUT2D eigenvalue weighted by molar-refractivity contribution is 6.00. The van der Waals surface area contributed by atoms with E-state index in [1.54, 1.807) is 0 Å². The third-order valence-corrected chi connectivity index (χ3v) is 3.60. The number of rotatable bonds is 0. The molecule has 0 aliphatic heterocycles. The van der Waals surface area contributed by atoms with Gasteiger partial charge < -0.3 is 9.51 Å². The van der Waals surface area contributed by atoms with Crippen LogP contribution < -0.4 is 0 Å². The maximum atomic E-state index is 10.4. The number of hydrogen-bond donors (Lipinski definition) is 1. The fraction of sp³-hybridized carbons (Fsp3) is 0.0625. The van der Waals surface area contributed by atoms with Crippen molar-refractivity contribution < 1.29 is 5.11 Å². The minimum Gasteiger partial charge on any atom is -0.505 e. The molecule has 0 aliphatic carbocycles. The summed E-state index contributed by atoms with van der Waals surface area (Å²) in [5, 5.41) is 11.3.